The van der Waals surface area contributed by atoms with Gasteiger partial charge in [0.2, 0.25) is 10.0 Å². The summed E-state index contributed by atoms with van der Waals surface area (Å²) in [6, 6.07) is 14.8. The number of anilines is 1. The number of carbonyl (C=O) groups excluding carboxylic acids is 2. The van der Waals surface area contributed by atoms with E-state index in [1.54, 1.807) is 54.6 Å². The van der Waals surface area contributed by atoms with Crippen LogP contribution in [0.5, 0.6) is 0 Å². The molecule has 1 unspecified atom stereocenters. The first-order valence-electron chi connectivity index (χ1n) is 9.59. The van der Waals surface area contributed by atoms with E-state index >= 15 is 0 Å². The Bertz CT molecular complexity index is 988. The molecular weight excluding hydrogens is 428 g/mol. The average molecular weight is 451 g/mol. The molecule has 3 rings (SSSR count). The van der Waals surface area contributed by atoms with E-state index in [0.29, 0.717) is 23.6 Å². The third-order valence-electron chi connectivity index (χ3n) is 4.94. The van der Waals surface area contributed by atoms with Gasteiger partial charge in [-0.25, -0.2) is 8.42 Å². The molecule has 0 saturated carbocycles. The van der Waals surface area contributed by atoms with Gasteiger partial charge in [0.1, 0.15) is 0 Å². The Balaban J connectivity index is 1.51. The molecule has 2 aromatic carbocycles. The zero-order chi connectivity index (χ0) is 21.7. The van der Waals surface area contributed by atoms with Gasteiger partial charge in [0.05, 0.1) is 10.8 Å². The number of amides is 1. The molecule has 1 aliphatic heterocycles. The lowest BCUT2D eigenvalue weighted by Gasteiger charge is -2.30. The molecule has 1 fully saturated rings. The van der Waals surface area contributed by atoms with Gasteiger partial charge in [0, 0.05) is 23.8 Å². The maximum atomic E-state index is 12.7. The number of carbonyl (C=O) groups is 2. The molecule has 1 N–H and O–H groups in total. The molecule has 1 amide bonds. The molecule has 0 aromatic heterocycles. The first-order valence-corrected chi connectivity index (χ1v) is 11.4. The Hall–Kier alpha value is -2.42. The van der Waals surface area contributed by atoms with Crippen molar-refractivity contribution in [1.82, 2.24) is 4.31 Å². The van der Waals surface area contributed by atoms with E-state index in [0.717, 1.165) is 0 Å². The van der Waals surface area contributed by atoms with Crippen molar-refractivity contribution in [1.29, 1.82) is 0 Å². The summed E-state index contributed by atoms with van der Waals surface area (Å²) >= 11 is 5.82. The fourth-order valence-corrected chi connectivity index (χ4v) is 4.79. The predicted molar refractivity (Wildman–Crippen MR) is 114 cm³/mol. The minimum absolute atomic E-state index is 0.225. The van der Waals surface area contributed by atoms with Crippen LogP contribution in [0.25, 0.3) is 0 Å². The van der Waals surface area contributed by atoms with Gasteiger partial charge in [-0.1, -0.05) is 29.8 Å². The molecule has 30 heavy (non-hydrogen) atoms. The van der Waals surface area contributed by atoms with E-state index in [1.807, 2.05) is 0 Å². The Morgan fingerprint density at radius 3 is 2.27 bits per heavy atom. The highest BCUT2D eigenvalue weighted by Crippen LogP contribution is 2.25. The number of nitrogens with one attached hydrogen (secondary N) is 1. The Morgan fingerprint density at radius 1 is 1.07 bits per heavy atom. The van der Waals surface area contributed by atoms with Gasteiger partial charge in [-0.3, -0.25) is 9.59 Å². The summed E-state index contributed by atoms with van der Waals surface area (Å²) in [4.78, 5) is 24.9. The molecule has 1 aliphatic rings. The van der Waals surface area contributed by atoms with Gasteiger partial charge in [0.25, 0.3) is 5.91 Å². The van der Waals surface area contributed by atoms with Crippen LogP contribution in [0.2, 0.25) is 5.02 Å². The Morgan fingerprint density at radius 2 is 1.67 bits per heavy atom. The number of ether oxygens (including phenoxy) is 1. The largest absolute Gasteiger partial charge is 0.452 e. The van der Waals surface area contributed by atoms with Gasteiger partial charge in [0.15, 0.2) is 6.10 Å². The number of hydrogen-bond acceptors (Lipinski definition) is 5. The molecule has 0 aliphatic carbocycles. The molecule has 7 nitrogen and oxygen atoms in total. The van der Waals surface area contributed by atoms with Crippen molar-refractivity contribution in [3.8, 4) is 0 Å². The number of hydrogen-bond donors (Lipinski definition) is 1. The minimum atomic E-state index is -3.58. The molecule has 9 heteroatoms. The van der Waals surface area contributed by atoms with E-state index in [9.17, 15) is 18.0 Å². The minimum Gasteiger partial charge on any atom is -0.452 e. The Kier molecular flexibility index (Phi) is 7.12. The fraction of sp³-hybridized carbons (Fsp3) is 0.333. The maximum Gasteiger partial charge on any atom is 0.309 e. The second-order valence-corrected chi connectivity index (χ2v) is 9.44. The van der Waals surface area contributed by atoms with E-state index < -0.39 is 33.9 Å². The third-order valence-corrected chi connectivity index (χ3v) is 7.11. The van der Waals surface area contributed by atoms with Crippen LogP contribution in [-0.2, 0) is 24.3 Å². The lowest BCUT2D eigenvalue weighted by molar-refractivity contribution is -0.158. The first-order chi connectivity index (χ1) is 14.3. The lowest BCUT2D eigenvalue weighted by atomic mass is 9.98. The van der Waals surface area contributed by atoms with Gasteiger partial charge in [-0.15, -0.1) is 0 Å². The van der Waals surface area contributed by atoms with E-state index in [2.05, 4.69) is 5.32 Å². The monoisotopic (exact) mass is 450 g/mol. The lowest BCUT2D eigenvalue weighted by Crippen LogP contribution is -2.41. The van der Waals surface area contributed by atoms with E-state index in [1.165, 1.54) is 11.2 Å². The van der Waals surface area contributed by atoms with Gasteiger partial charge in [-0.2, -0.15) is 4.31 Å². The normalized spacial score (nSPS) is 16.6. The number of esters is 1. The van der Waals surface area contributed by atoms with Crippen molar-refractivity contribution in [2.24, 2.45) is 5.92 Å². The molecule has 0 spiro atoms. The smallest absolute Gasteiger partial charge is 0.309 e. The van der Waals surface area contributed by atoms with Gasteiger partial charge in [-0.05, 0) is 56.2 Å². The number of nitrogens with zero attached hydrogens (tertiary/aromatic N) is 1. The molecule has 0 radical (unpaired) electrons. The highest BCUT2D eigenvalue weighted by Gasteiger charge is 2.33. The molecule has 0 bridgehead atoms. The van der Waals surface area contributed by atoms with Crippen LogP contribution in [0.1, 0.15) is 19.8 Å². The molecular formula is C21H23ClN2O5S. The van der Waals surface area contributed by atoms with Crippen LogP contribution in [0, 0.1) is 5.92 Å². The van der Waals surface area contributed by atoms with Gasteiger partial charge < -0.3 is 10.1 Å². The third kappa shape index (κ3) is 5.38. The number of rotatable bonds is 6. The van der Waals surface area contributed by atoms with Crippen LogP contribution >= 0.6 is 11.6 Å². The molecule has 160 valence electrons. The van der Waals surface area contributed by atoms with E-state index in [4.69, 9.17) is 16.3 Å². The fourth-order valence-electron chi connectivity index (χ4n) is 3.17. The summed E-state index contributed by atoms with van der Waals surface area (Å²) in [5.41, 5.74) is 0.548. The summed E-state index contributed by atoms with van der Waals surface area (Å²) in [5, 5.41) is 3.21. The number of sulfonamides is 1. The SMILES string of the molecule is CC(OC(=O)C1CCN(S(=O)(=O)c2ccccc2)CC1)C(=O)Nc1ccc(Cl)cc1. The summed E-state index contributed by atoms with van der Waals surface area (Å²) in [5.74, 6) is -1.39. The first kappa shape index (κ1) is 22.3. The quantitative estimate of drug-likeness (QED) is 0.681. The second kappa shape index (κ2) is 9.59. The van der Waals surface area contributed by atoms with E-state index in [-0.39, 0.29) is 18.0 Å². The van der Waals surface area contributed by atoms with Crippen LogP contribution in [0.15, 0.2) is 59.5 Å². The summed E-state index contributed by atoms with van der Waals surface area (Å²) in [6.07, 6.45) is -0.286. The second-order valence-electron chi connectivity index (χ2n) is 7.07. The van der Waals surface area contributed by atoms with Crippen molar-refractivity contribution in [2.45, 2.75) is 30.8 Å². The van der Waals surface area contributed by atoms with Crippen LogP contribution < -0.4 is 5.32 Å². The number of piperidine rings is 1. The zero-order valence-electron chi connectivity index (χ0n) is 16.5. The molecule has 1 saturated heterocycles. The average Bonchev–Trinajstić information content (AvgIpc) is 2.76. The number of benzene rings is 2. The molecule has 2 aromatic rings. The van der Waals surface area contributed by atoms with Crippen LogP contribution in [0.3, 0.4) is 0 Å². The summed E-state index contributed by atoms with van der Waals surface area (Å²) in [6.45, 7) is 1.95. The standard InChI is InChI=1S/C21H23ClN2O5S/c1-15(20(25)23-18-9-7-17(22)8-10-18)29-21(26)16-11-13-24(14-12-16)30(27,28)19-5-3-2-4-6-19/h2-10,15-16H,11-14H2,1H3,(H,23,25). The zero-order valence-corrected chi connectivity index (χ0v) is 18.0. The topological polar surface area (TPSA) is 92.8 Å². The van der Waals surface area contributed by atoms with Gasteiger partial charge >= 0.3 is 5.97 Å². The predicted octanol–water partition coefficient (Wildman–Crippen LogP) is 3.31. The Labute approximate surface area is 181 Å². The highest BCUT2D eigenvalue weighted by molar-refractivity contribution is 7.89. The van der Waals surface area contributed by atoms with Crippen LogP contribution in [0.4, 0.5) is 5.69 Å². The molecule has 1 atom stereocenters. The van der Waals surface area contributed by atoms with Crippen molar-refractivity contribution in [2.75, 3.05) is 18.4 Å². The summed E-state index contributed by atoms with van der Waals surface area (Å²) in [7, 11) is -3.58. The van der Waals surface area contributed by atoms with Crippen molar-refractivity contribution < 1.29 is 22.7 Å². The summed E-state index contributed by atoms with van der Waals surface area (Å²) < 4.78 is 32.0. The highest BCUT2D eigenvalue weighted by atomic mass is 35.5. The number of halogens is 1. The maximum absolute atomic E-state index is 12.7. The van der Waals surface area contributed by atoms with Crippen molar-refractivity contribution >= 4 is 39.2 Å². The van der Waals surface area contributed by atoms with Crippen molar-refractivity contribution in [3.05, 3.63) is 59.6 Å². The van der Waals surface area contributed by atoms with Crippen LogP contribution in [-0.4, -0.2) is 43.8 Å². The van der Waals surface area contributed by atoms with Crippen molar-refractivity contribution in [3.63, 3.8) is 0 Å². The molecule has 1 heterocycles.